The Kier molecular flexibility index (Phi) is 7.24. The maximum atomic E-state index is 12.9. The van der Waals surface area contributed by atoms with Gasteiger partial charge < -0.3 is 9.80 Å². The van der Waals surface area contributed by atoms with Crippen LogP contribution in [-0.4, -0.2) is 68.5 Å². The van der Waals surface area contributed by atoms with E-state index in [2.05, 4.69) is 15.0 Å². The molecule has 2 aliphatic heterocycles. The monoisotopic (exact) mass is 505 g/mol. The van der Waals surface area contributed by atoms with Gasteiger partial charge in [-0.15, -0.1) is 0 Å². The van der Waals surface area contributed by atoms with Crippen LogP contribution in [0.5, 0.6) is 0 Å². The van der Waals surface area contributed by atoms with E-state index in [4.69, 9.17) is 0 Å². The van der Waals surface area contributed by atoms with Crippen molar-refractivity contribution in [3.63, 3.8) is 0 Å². The zero-order valence-corrected chi connectivity index (χ0v) is 21.0. The highest BCUT2D eigenvalue weighted by Gasteiger charge is 2.42. The molecule has 7 nitrogen and oxygen atoms in total. The molecule has 1 spiro atoms. The van der Waals surface area contributed by atoms with Crippen LogP contribution >= 0.6 is 23.1 Å². The van der Waals surface area contributed by atoms with Crippen LogP contribution in [0, 0.1) is 5.41 Å². The second kappa shape index (κ2) is 10.7. The van der Waals surface area contributed by atoms with Crippen LogP contribution in [0.3, 0.4) is 0 Å². The molecule has 0 aliphatic carbocycles. The minimum Gasteiger partial charge on any atom is -0.341 e. The number of carbonyl (C=O) groups excluding carboxylic acids is 2. The Balaban J connectivity index is 1.11. The lowest BCUT2D eigenvalue weighted by Crippen LogP contribution is -2.44. The maximum Gasteiger partial charge on any atom is 0.246 e. The molecule has 0 aromatic carbocycles. The van der Waals surface area contributed by atoms with E-state index in [-0.39, 0.29) is 17.2 Å². The third kappa shape index (κ3) is 5.79. The average molecular weight is 506 g/mol. The standard InChI is InChI=1S/C26H27N5O2S2/c32-23(5-4-20-7-16-34-17-20)30-13-8-26(9-14-30)10-15-31(19-26)24(33)18-35-25-28-12-6-22(29-25)21-3-1-2-11-27-21/h1-7,11-12,16-17H,8-10,13-15,18-19H2/b5-4+. The van der Waals surface area contributed by atoms with E-state index in [1.807, 2.05) is 57.0 Å². The van der Waals surface area contributed by atoms with Crippen molar-refractivity contribution >= 4 is 41.0 Å². The predicted octanol–water partition coefficient (Wildman–Crippen LogP) is 4.25. The highest BCUT2D eigenvalue weighted by atomic mass is 32.2. The molecule has 0 radical (unpaired) electrons. The van der Waals surface area contributed by atoms with Crippen molar-refractivity contribution in [1.29, 1.82) is 0 Å². The molecule has 35 heavy (non-hydrogen) atoms. The Morgan fingerprint density at radius 1 is 1.00 bits per heavy atom. The molecule has 2 fully saturated rings. The van der Waals surface area contributed by atoms with E-state index in [9.17, 15) is 9.59 Å². The molecular weight excluding hydrogens is 478 g/mol. The van der Waals surface area contributed by atoms with E-state index < -0.39 is 0 Å². The first-order valence-electron chi connectivity index (χ1n) is 11.7. The Bertz CT molecular complexity index is 1190. The first-order chi connectivity index (χ1) is 17.1. The van der Waals surface area contributed by atoms with Gasteiger partial charge in [-0.25, -0.2) is 9.97 Å². The number of hydrogen-bond donors (Lipinski definition) is 0. The van der Waals surface area contributed by atoms with E-state index in [1.165, 1.54) is 11.8 Å². The average Bonchev–Trinajstić information content (AvgIpc) is 3.58. The summed E-state index contributed by atoms with van der Waals surface area (Å²) in [6.45, 7) is 3.05. The van der Waals surface area contributed by atoms with Crippen molar-refractivity contribution < 1.29 is 9.59 Å². The second-order valence-corrected chi connectivity index (χ2v) is 10.7. The predicted molar refractivity (Wildman–Crippen MR) is 139 cm³/mol. The van der Waals surface area contributed by atoms with Gasteiger partial charge in [-0.05, 0) is 71.3 Å². The number of hydrogen-bond acceptors (Lipinski definition) is 7. The first-order valence-corrected chi connectivity index (χ1v) is 13.7. The summed E-state index contributed by atoms with van der Waals surface area (Å²) in [6.07, 6.45) is 9.88. The second-order valence-electron chi connectivity index (χ2n) is 9.01. The van der Waals surface area contributed by atoms with Gasteiger partial charge in [0.2, 0.25) is 11.8 Å². The number of thioether (sulfide) groups is 1. The number of rotatable bonds is 6. The van der Waals surface area contributed by atoms with E-state index in [0.717, 1.165) is 62.4 Å². The van der Waals surface area contributed by atoms with Gasteiger partial charge in [0.25, 0.3) is 0 Å². The molecule has 2 aliphatic rings. The highest BCUT2D eigenvalue weighted by Crippen LogP contribution is 2.40. The summed E-state index contributed by atoms with van der Waals surface area (Å²) >= 11 is 2.99. The fraction of sp³-hybridized carbons (Fsp3) is 0.346. The van der Waals surface area contributed by atoms with Crippen molar-refractivity contribution in [2.45, 2.75) is 24.4 Å². The fourth-order valence-electron chi connectivity index (χ4n) is 4.69. The molecule has 5 heterocycles. The molecule has 5 rings (SSSR count). The molecule has 0 bridgehead atoms. The van der Waals surface area contributed by atoms with Gasteiger partial charge in [-0.3, -0.25) is 14.6 Å². The number of aromatic nitrogens is 3. The van der Waals surface area contributed by atoms with Crippen LogP contribution in [0.15, 0.2) is 64.7 Å². The third-order valence-corrected chi connectivity index (χ3v) is 8.32. The summed E-state index contributed by atoms with van der Waals surface area (Å²) in [5.41, 5.74) is 2.73. The number of amides is 2. The van der Waals surface area contributed by atoms with Gasteiger partial charge in [0, 0.05) is 44.6 Å². The van der Waals surface area contributed by atoms with Gasteiger partial charge in [0.15, 0.2) is 5.16 Å². The van der Waals surface area contributed by atoms with Crippen molar-refractivity contribution in [2.24, 2.45) is 5.41 Å². The van der Waals surface area contributed by atoms with Crippen molar-refractivity contribution in [3.05, 3.63) is 65.1 Å². The number of likely N-dealkylation sites (tertiary alicyclic amines) is 2. The van der Waals surface area contributed by atoms with Crippen LogP contribution < -0.4 is 0 Å². The summed E-state index contributed by atoms with van der Waals surface area (Å²) in [4.78, 5) is 42.6. The molecule has 0 unspecified atom stereocenters. The summed E-state index contributed by atoms with van der Waals surface area (Å²) in [6, 6.07) is 9.53. The summed E-state index contributed by atoms with van der Waals surface area (Å²) in [5.74, 6) is 0.511. The van der Waals surface area contributed by atoms with Crippen LogP contribution in [-0.2, 0) is 9.59 Å². The van der Waals surface area contributed by atoms with Crippen LogP contribution in [0.25, 0.3) is 17.5 Å². The molecule has 0 N–H and O–H groups in total. The molecular formula is C26H27N5O2S2. The number of pyridine rings is 1. The van der Waals surface area contributed by atoms with Crippen molar-refractivity contribution in [2.75, 3.05) is 31.9 Å². The quantitative estimate of drug-likeness (QED) is 0.283. The molecule has 3 aromatic rings. The van der Waals surface area contributed by atoms with Crippen molar-refractivity contribution in [3.8, 4) is 11.4 Å². The van der Waals surface area contributed by atoms with E-state index >= 15 is 0 Å². The molecule has 0 atom stereocenters. The van der Waals surface area contributed by atoms with Crippen LogP contribution in [0.1, 0.15) is 24.8 Å². The Labute approximate surface area is 213 Å². The SMILES string of the molecule is O=C(/C=C/c1ccsc1)N1CCC2(CC1)CCN(C(=O)CSc1nccc(-c3ccccn3)n1)C2. The topological polar surface area (TPSA) is 79.3 Å². The maximum absolute atomic E-state index is 12.9. The zero-order valence-electron chi connectivity index (χ0n) is 19.4. The van der Waals surface area contributed by atoms with Gasteiger partial charge >= 0.3 is 0 Å². The molecule has 0 saturated carbocycles. The lowest BCUT2D eigenvalue weighted by Gasteiger charge is -2.38. The molecule has 2 amide bonds. The molecule has 2 saturated heterocycles. The van der Waals surface area contributed by atoms with Gasteiger partial charge in [-0.2, -0.15) is 11.3 Å². The van der Waals surface area contributed by atoms with Gasteiger partial charge in [0.1, 0.15) is 0 Å². The summed E-state index contributed by atoms with van der Waals surface area (Å²) in [7, 11) is 0. The Morgan fingerprint density at radius 3 is 2.57 bits per heavy atom. The number of nitrogens with zero attached hydrogens (tertiary/aromatic N) is 5. The minimum absolute atomic E-state index is 0.0707. The van der Waals surface area contributed by atoms with Crippen LogP contribution in [0.4, 0.5) is 0 Å². The fourth-order valence-corrected chi connectivity index (χ4v) is 6.05. The number of thiophene rings is 1. The highest BCUT2D eigenvalue weighted by molar-refractivity contribution is 7.99. The normalized spacial score (nSPS) is 17.4. The first kappa shape index (κ1) is 23.7. The lowest BCUT2D eigenvalue weighted by molar-refractivity contribution is -0.130. The zero-order chi connectivity index (χ0) is 24.1. The summed E-state index contributed by atoms with van der Waals surface area (Å²) in [5, 5.41) is 4.62. The number of carbonyl (C=O) groups is 2. The van der Waals surface area contributed by atoms with E-state index in [1.54, 1.807) is 29.8 Å². The summed E-state index contributed by atoms with van der Waals surface area (Å²) < 4.78 is 0. The van der Waals surface area contributed by atoms with Crippen molar-refractivity contribution in [1.82, 2.24) is 24.8 Å². The largest absolute Gasteiger partial charge is 0.341 e. The smallest absolute Gasteiger partial charge is 0.246 e. The van der Waals surface area contributed by atoms with E-state index in [0.29, 0.717) is 10.9 Å². The van der Waals surface area contributed by atoms with Gasteiger partial charge in [0.05, 0.1) is 17.1 Å². The third-order valence-electron chi connectivity index (χ3n) is 6.77. The molecule has 3 aromatic heterocycles. The molecule has 9 heteroatoms. The Morgan fingerprint density at radius 2 is 1.83 bits per heavy atom. The molecule has 180 valence electrons. The Hall–Kier alpha value is -3.04. The van der Waals surface area contributed by atoms with Gasteiger partial charge in [-0.1, -0.05) is 17.8 Å². The number of piperidine rings is 1. The van der Waals surface area contributed by atoms with Crippen LogP contribution in [0.2, 0.25) is 0 Å². The lowest BCUT2D eigenvalue weighted by atomic mass is 9.78. The minimum atomic E-state index is 0.0707.